The highest BCUT2D eigenvalue weighted by Crippen LogP contribution is 2.40. The van der Waals surface area contributed by atoms with Crippen LogP contribution in [0.3, 0.4) is 0 Å². The van der Waals surface area contributed by atoms with Crippen LogP contribution in [0.5, 0.6) is 11.5 Å². The van der Waals surface area contributed by atoms with Crippen molar-refractivity contribution in [3.05, 3.63) is 23.3 Å². The molecule has 1 fully saturated rings. The van der Waals surface area contributed by atoms with E-state index in [-0.39, 0.29) is 11.3 Å². The van der Waals surface area contributed by atoms with Gasteiger partial charge in [-0.3, -0.25) is 0 Å². The third-order valence-electron chi connectivity index (χ3n) is 3.28. The molecule has 16 heavy (non-hydrogen) atoms. The van der Waals surface area contributed by atoms with Gasteiger partial charge >= 0.3 is 0 Å². The summed E-state index contributed by atoms with van der Waals surface area (Å²) in [6.07, 6.45) is 3.76. The lowest BCUT2D eigenvalue weighted by Gasteiger charge is -2.14. The molecule has 0 heterocycles. The second-order valence-corrected chi connectivity index (χ2v) is 4.70. The Morgan fingerprint density at radius 1 is 1.44 bits per heavy atom. The maximum absolute atomic E-state index is 10.0. The standard InChI is InChI=1S/C13H19NO2/c1-3-9-6-10(8-13(14)4-5-13)12(15)11(7-9)16-2/h6-7,15H,3-5,8,14H2,1-2H3. The molecule has 0 aliphatic heterocycles. The number of benzene rings is 1. The molecule has 0 atom stereocenters. The van der Waals surface area contributed by atoms with Crippen molar-refractivity contribution in [2.75, 3.05) is 7.11 Å². The number of nitrogens with two attached hydrogens (primary N) is 1. The first-order chi connectivity index (χ1) is 7.58. The van der Waals surface area contributed by atoms with Crippen LogP contribution in [0.2, 0.25) is 0 Å². The van der Waals surface area contributed by atoms with Crippen molar-refractivity contribution in [2.45, 2.75) is 38.1 Å². The molecule has 0 aromatic heterocycles. The normalized spacial score (nSPS) is 17.2. The number of rotatable bonds is 4. The fourth-order valence-electron chi connectivity index (χ4n) is 1.94. The van der Waals surface area contributed by atoms with Crippen LogP contribution in [0, 0.1) is 0 Å². The van der Waals surface area contributed by atoms with Crippen LogP contribution in [-0.4, -0.2) is 17.8 Å². The minimum Gasteiger partial charge on any atom is -0.504 e. The maximum atomic E-state index is 10.0. The number of aromatic hydroxyl groups is 1. The van der Waals surface area contributed by atoms with Gasteiger partial charge in [0, 0.05) is 5.54 Å². The molecular weight excluding hydrogens is 202 g/mol. The Hall–Kier alpha value is -1.22. The number of methoxy groups -OCH3 is 1. The molecule has 0 amide bonds. The van der Waals surface area contributed by atoms with Crippen molar-refractivity contribution in [3.63, 3.8) is 0 Å². The Morgan fingerprint density at radius 2 is 2.12 bits per heavy atom. The van der Waals surface area contributed by atoms with Gasteiger partial charge in [0.25, 0.3) is 0 Å². The quantitative estimate of drug-likeness (QED) is 0.817. The molecule has 1 aliphatic rings. The smallest absolute Gasteiger partial charge is 0.161 e. The maximum Gasteiger partial charge on any atom is 0.161 e. The van der Waals surface area contributed by atoms with E-state index in [0.29, 0.717) is 5.75 Å². The van der Waals surface area contributed by atoms with Gasteiger partial charge in [-0.25, -0.2) is 0 Å². The topological polar surface area (TPSA) is 55.5 Å². The number of hydrogen-bond acceptors (Lipinski definition) is 3. The minimum absolute atomic E-state index is 0.0884. The van der Waals surface area contributed by atoms with Gasteiger partial charge < -0.3 is 15.6 Å². The lowest BCUT2D eigenvalue weighted by atomic mass is 10.00. The van der Waals surface area contributed by atoms with Gasteiger partial charge in [-0.15, -0.1) is 0 Å². The van der Waals surface area contributed by atoms with Crippen molar-refractivity contribution in [2.24, 2.45) is 5.73 Å². The number of hydrogen-bond donors (Lipinski definition) is 2. The highest BCUT2D eigenvalue weighted by Gasteiger charge is 2.38. The van der Waals surface area contributed by atoms with E-state index in [2.05, 4.69) is 6.92 Å². The van der Waals surface area contributed by atoms with Crippen LogP contribution in [0.1, 0.15) is 30.9 Å². The van der Waals surface area contributed by atoms with E-state index < -0.39 is 0 Å². The summed E-state index contributed by atoms with van der Waals surface area (Å²) in [6, 6.07) is 3.92. The first-order valence-electron chi connectivity index (χ1n) is 5.75. The number of aryl methyl sites for hydroxylation is 1. The molecule has 0 bridgehead atoms. The fraction of sp³-hybridized carbons (Fsp3) is 0.538. The molecule has 1 aromatic carbocycles. The Balaban J connectivity index is 2.34. The lowest BCUT2D eigenvalue weighted by molar-refractivity contribution is 0.369. The van der Waals surface area contributed by atoms with Crippen molar-refractivity contribution < 1.29 is 9.84 Å². The van der Waals surface area contributed by atoms with E-state index in [1.54, 1.807) is 7.11 Å². The number of phenols is 1. The zero-order valence-corrected chi connectivity index (χ0v) is 9.92. The first-order valence-corrected chi connectivity index (χ1v) is 5.75. The van der Waals surface area contributed by atoms with Crippen molar-refractivity contribution in [1.29, 1.82) is 0 Å². The van der Waals surface area contributed by atoms with E-state index >= 15 is 0 Å². The summed E-state index contributed by atoms with van der Waals surface area (Å²) in [5.41, 5.74) is 8.08. The highest BCUT2D eigenvalue weighted by atomic mass is 16.5. The van der Waals surface area contributed by atoms with E-state index in [4.69, 9.17) is 10.5 Å². The van der Waals surface area contributed by atoms with Gasteiger partial charge in [-0.2, -0.15) is 0 Å². The van der Waals surface area contributed by atoms with Crippen LogP contribution in [-0.2, 0) is 12.8 Å². The van der Waals surface area contributed by atoms with Crippen LogP contribution in [0.25, 0.3) is 0 Å². The zero-order valence-electron chi connectivity index (χ0n) is 9.92. The predicted molar refractivity (Wildman–Crippen MR) is 63.9 cm³/mol. The zero-order chi connectivity index (χ0) is 11.8. The Labute approximate surface area is 96.2 Å². The average Bonchev–Trinajstić information content (AvgIpc) is 2.99. The Bertz CT molecular complexity index is 397. The van der Waals surface area contributed by atoms with Crippen LogP contribution in [0.4, 0.5) is 0 Å². The first kappa shape index (κ1) is 11.3. The fourth-order valence-corrected chi connectivity index (χ4v) is 1.94. The summed E-state index contributed by atoms with van der Waals surface area (Å²) in [5.74, 6) is 0.801. The Kier molecular flexibility index (Phi) is 2.80. The van der Waals surface area contributed by atoms with Crippen LogP contribution in [0.15, 0.2) is 12.1 Å². The minimum atomic E-state index is -0.0884. The Morgan fingerprint density at radius 3 is 2.62 bits per heavy atom. The van der Waals surface area contributed by atoms with E-state index in [0.717, 1.165) is 31.2 Å². The molecular formula is C13H19NO2. The SMILES string of the molecule is CCc1cc(CC2(N)CC2)c(O)c(OC)c1. The molecule has 2 rings (SSSR count). The number of phenolic OH excluding ortho intramolecular Hbond substituents is 1. The molecule has 3 nitrogen and oxygen atoms in total. The second-order valence-electron chi connectivity index (χ2n) is 4.70. The molecule has 3 N–H and O–H groups in total. The van der Waals surface area contributed by atoms with Gasteiger partial charge in [0.15, 0.2) is 11.5 Å². The lowest BCUT2D eigenvalue weighted by Crippen LogP contribution is -2.24. The number of ether oxygens (including phenoxy) is 1. The van der Waals surface area contributed by atoms with Gasteiger partial charge in [0.2, 0.25) is 0 Å². The van der Waals surface area contributed by atoms with Crippen molar-refractivity contribution in [3.8, 4) is 11.5 Å². The molecule has 1 aromatic rings. The summed E-state index contributed by atoms with van der Waals surface area (Å²) >= 11 is 0. The molecule has 0 saturated heterocycles. The van der Waals surface area contributed by atoms with Gasteiger partial charge in [-0.1, -0.05) is 13.0 Å². The van der Waals surface area contributed by atoms with Gasteiger partial charge in [-0.05, 0) is 42.9 Å². The van der Waals surface area contributed by atoms with Crippen LogP contribution < -0.4 is 10.5 Å². The van der Waals surface area contributed by atoms with Gasteiger partial charge in [0.05, 0.1) is 7.11 Å². The monoisotopic (exact) mass is 221 g/mol. The summed E-state index contributed by atoms with van der Waals surface area (Å²) in [6.45, 7) is 2.09. The van der Waals surface area contributed by atoms with E-state index in [1.165, 1.54) is 5.56 Å². The van der Waals surface area contributed by atoms with Crippen LogP contribution >= 0.6 is 0 Å². The van der Waals surface area contributed by atoms with Crippen molar-refractivity contribution >= 4 is 0 Å². The molecule has 0 radical (unpaired) electrons. The van der Waals surface area contributed by atoms with E-state index in [1.807, 2.05) is 12.1 Å². The van der Waals surface area contributed by atoms with Gasteiger partial charge in [0.1, 0.15) is 0 Å². The molecule has 0 unspecified atom stereocenters. The summed E-state index contributed by atoms with van der Waals surface area (Å²) < 4.78 is 5.17. The second kappa shape index (κ2) is 3.98. The third kappa shape index (κ3) is 2.14. The van der Waals surface area contributed by atoms with Crippen molar-refractivity contribution in [1.82, 2.24) is 0 Å². The largest absolute Gasteiger partial charge is 0.504 e. The molecule has 1 saturated carbocycles. The average molecular weight is 221 g/mol. The third-order valence-corrected chi connectivity index (χ3v) is 3.28. The van der Waals surface area contributed by atoms with E-state index in [9.17, 15) is 5.11 Å². The highest BCUT2D eigenvalue weighted by molar-refractivity contribution is 5.49. The predicted octanol–water partition coefficient (Wildman–Crippen LogP) is 2.00. The molecule has 0 spiro atoms. The summed E-state index contributed by atoms with van der Waals surface area (Å²) in [5, 5.41) is 10.0. The molecule has 1 aliphatic carbocycles. The molecule has 88 valence electrons. The summed E-state index contributed by atoms with van der Waals surface area (Å²) in [4.78, 5) is 0. The summed E-state index contributed by atoms with van der Waals surface area (Å²) in [7, 11) is 1.58. The molecule has 3 heteroatoms.